The molecule has 3 heteroatoms. The quantitative estimate of drug-likeness (QED) is 0.764. The summed E-state index contributed by atoms with van der Waals surface area (Å²) < 4.78 is 10.7. The van der Waals surface area contributed by atoms with Crippen LogP contribution < -0.4 is 4.74 Å². The third-order valence-corrected chi connectivity index (χ3v) is 3.32. The highest BCUT2D eigenvalue weighted by atomic mass is 16.5. The van der Waals surface area contributed by atoms with Crippen LogP contribution in [0.25, 0.3) is 0 Å². The summed E-state index contributed by atoms with van der Waals surface area (Å²) in [5.41, 5.74) is 0.908. The summed E-state index contributed by atoms with van der Waals surface area (Å²) in [6.45, 7) is 4.01. The number of carbonyl (C=O) groups is 1. The Bertz CT molecular complexity index is 590. The lowest BCUT2D eigenvalue weighted by molar-refractivity contribution is -0.143. The first-order chi connectivity index (χ1) is 10.1. The van der Waals surface area contributed by atoms with Crippen molar-refractivity contribution in [2.75, 3.05) is 7.11 Å². The Hall–Kier alpha value is -2.29. The zero-order valence-corrected chi connectivity index (χ0v) is 12.6. The van der Waals surface area contributed by atoms with Crippen LogP contribution in [0.5, 0.6) is 11.5 Å². The summed E-state index contributed by atoms with van der Waals surface area (Å²) in [6, 6.07) is 17.2. The molecule has 1 unspecified atom stereocenters. The predicted octanol–water partition coefficient (Wildman–Crippen LogP) is 4.39. The highest BCUT2D eigenvalue weighted by molar-refractivity contribution is 5.78. The summed E-state index contributed by atoms with van der Waals surface area (Å²) in [7, 11) is 1.42. The maximum absolute atomic E-state index is 12.0. The van der Waals surface area contributed by atoms with Gasteiger partial charge in [-0.1, -0.05) is 44.2 Å². The molecular weight excluding hydrogens is 264 g/mol. The van der Waals surface area contributed by atoms with Gasteiger partial charge >= 0.3 is 5.97 Å². The fourth-order valence-corrected chi connectivity index (χ4v) is 2.32. The number of hydrogen-bond acceptors (Lipinski definition) is 3. The third kappa shape index (κ3) is 3.85. The van der Waals surface area contributed by atoms with Crippen molar-refractivity contribution in [3.8, 4) is 11.5 Å². The molecule has 0 spiro atoms. The van der Waals surface area contributed by atoms with E-state index in [0.717, 1.165) is 11.3 Å². The SMILES string of the molecule is COC(=O)C(c1cccc(Oc2ccccc2)c1)C(C)C. The first-order valence-corrected chi connectivity index (χ1v) is 7.02. The van der Waals surface area contributed by atoms with Crippen molar-refractivity contribution < 1.29 is 14.3 Å². The molecule has 0 radical (unpaired) electrons. The molecule has 0 saturated heterocycles. The van der Waals surface area contributed by atoms with E-state index in [1.54, 1.807) is 0 Å². The molecule has 0 aromatic heterocycles. The van der Waals surface area contributed by atoms with E-state index < -0.39 is 0 Å². The van der Waals surface area contributed by atoms with E-state index in [1.165, 1.54) is 7.11 Å². The third-order valence-electron chi connectivity index (χ3n) is 3.32. The van der Waals surface area contributed by atoms with E-state index in [-0.39, 0.29) is 17.8 Å². The monoisotopic (exact) mass is 284 g/mol. The van der Waals surface area contributed by atoms with Crippen LogP contribution in [0.15, 0.2) is 54.6 Å². The lowest BCUT2D eigenvalue weighted by Gasteiger charge is -2.19. The largest absolute Gasteiger partial charge is 0.469 e. The van der Waals surface area contributed by atoms with Gasteiger partial charge in [-0.15, -0.1) is 0 Å². The van der Waals surface area contributed by atoms with Gasteiger partial charge in [0.25, 0.3) is 0 Å². The first kappa shape index (κ1) is 15.1. The fourth-order valence-electron chi connectivity index (χ4n) is 2.32. The Morgan fingerprint density at radius 2 is 1.62 bits per heavy atom. The summed E-state index contributed by atoms with van der Waals surface area (Å²) in [4.78, 5) is 12.0. The number of methoxy groups -OCH3 is 1. The fraction of sp³-hybridized carbons (Fsp3) is 0.278. The van der Waals surface area contributed by atoms with Crippen molar-refractivity contribution in [1.29, 1.82) is 0 Å². The zero-order chi connectivity index (χ0) is 15.2. The molecule has 2 aromatic rings. The van der Waals surface area contributed by atoms with Gasteiger partial charge in [0.2, 0.25) is 0 Å². The number of carbonyl (C=O) groups excluding carboxylic acids is 1. The molecule has 0 fully saturated rings. The van der Waals surface area contributed by atoms with Gasteiger partial charge in [-0.2, -0.15) is 0 Å². The Morgan fingerprint density at radius 3 is 2.24 bits per heavy atom. The Balaban J connectivity index is 2.26. The molecule has 0 amide bonds. The predicted molar refractivity (Wildman–Crippen MR) is 82.6 cm³/mol. The van der Waals surface area contributed by atoms with Gasteiger partial charge in [0.15, 0.2) is 0 Å². The molecule has 0 aliphatic rings. The topological polar surface area (TPSA) is 35.5 Å². The van der Waals surface area contributed by atoms with E-state index in [2.05, 4.69) is 0 Å². The van der Waals surface area contributed by atoms with Crippen molar-refractivity contribution in [2.45, 2.75) is 19.8 Å². The summed E-state index contributed by atoms with van der Waals surface area (Å²) in [5.74, 6) is 1.14. The number of benzene rings is 2. The van der Waals surface area contributed by atoms with E-state index >= 15 is 0 Å². The highest BCUT2D eigenvalue weighted by Crippen LogP contribution is 2.30. The van der Waals surface area contributed by atoms with Crippen molar-refractivity contribution in [3.63, 3.8) is 0 Å². The first-order valence-electron chi connectivity index (χ1n) is 7.02. The van der Waals surface area contributed by atoms with Crippen LogP contribution in [0.2, 0.25) is 0 Å². The second-order valence-electron chi connectivity index (χ2n) is 5.23. The minimum Gasteiger partial charge on any atom is -0.469 e. The molecular formula is C18H20O3. The molecule has 0 bridgehead atoms. The summed E-state index contributed by atoms with van der Waals surface area (Å²) in [6.07, 6.45) is 0. The second-order valence-corrected chi connectivity index (χ2v) is 5.23. The standard InChI is InChI=1S/C18H20O3/c1-13(2)17(18(19)20-3)14-8-7-11-16(12-14)21-15-9-5-4-6-10-15/h4-13,17H,1-3H3. The smallest absolute Gasteiger partial charge is 0.313 e. The lowest BCUT2D eigenvalue weighted by atomic mass is 9.88. The normalized spacial score (nSPS) is 12.0. The molecule has 0 N–H and O–H groups in total. The second kappa shape index (κ2) is 6.93. The summed E-state index contributed by atoms with van der Waals surface area (Å²) >= 11 is 0. The van der Waals surface area contributed by atoms with E-state index in [4.69, 9.17) is 9.47 Å². The number of ether oxygens (including phenoxy) is 2. The molecule has 2 rings (SSSR count). The molecule has 0 aliphatic carbocycles. The van der Waals surface area contributed by atoms with Crippen LogP contribution >= 0.6 is 0 Å². The summed E-state index contributed by atoms with van der Waals surface area (Å²) in [5, 5.41) is 0. The molecule has 110 valence electrons. The Labute approximate surface area is 125 Å². The molecule has 3 nitrogen and oxygen atoms in total. The van der Waals surface area contributed by atoms with Crippen LogP contribution in [0.3, 0.4) is 0 Å². The highest BCUT2D eigenvalue weighted by Gasteiger charge is 2.25. The number of para-hydroxylation sites is 1. The van der Waals surface area contributed by atoms with Gasteiger partial charge in [-0.3, -0.25) is 4.79 Å². The van der Waals surface area contributed by atoms with Gasteiger partial charge in [0, 0.05) is 0 Å². The molecule has 0 saturated carbocycles. The molecule has 0 heterocycles. The van der Waals surface area contributed by atoms with Gasteiger partial charge in [0.1, 0.15) is 11.5 Å². The van der Waals surface area contributed by atoms with Gasteiger partial charge in [0.05, 0.1) is 13.0 Å². The van der Waals surface area contributed by atoms with Gasteiger partial charge in [-0.05, 0) is 35.7 Å². The molecule has 0 aliphatic heterocycles. The van der Waals surface area contributed by atoms with Crippen molar-refractivity contribution in [2.24, 2.45) is 5.92 Å². The maximum Gasteiger partial charge on any atom is 0.313 e. The minimum absolute atomic E-state index is 0.157. The van der Waals surface area contributed by atoms with Gasteiger partial charge < -0.3 is 9.47 Å². The average Bonchev–Trinajstić information content (AvgIpc) is 2.48. The number of rotatable bonds is 5. The van der Waals surface area contributed by atoms with E-state index in [1.807, 2.05) is 68.4 Å². The molecule has 21 heavy (non-hydrogen) atoms. The van der Waals surface area contributed by atoms with Crippen molar-refractivity contribution in [3.05, 3.63) is 60.2 Å². The van der Waals surface area contributed by atoms with E-state index in [0.29, 0.717) is 5.75 Å². The van der Waals surface area contributed by atoms with Crippen LogP contribution in [0.1, 0.15) is 25.3 Å². The zero-order valence-electron chi connectivity index (χ0n) is 12.6. The van der Waals surface area contributed by atoms with E-state index in [9.17, 15) is 4.79 Å². The average molecular weight is 284 g/mol. The Morgan fingerprint density at radius 1 is 0.952 bits per heavy atom. The van der Waals surface area contributed by atoms with Crippen LogP contribution in [-0.2, 0) is 9.53 Å². The van der Waals surface area contributed by atoms with Crippen LogP contribution in [-0.4, -0.2) is 13.1 Å². The molecule has 2 aromatic carbocycles. The van der Waals surface area contributed by atoms with Crippen molar-refractivity contribution >= 4 is 5.97 Å². The number of esters is 1. The van der Waals surface area contributed by atoms with Crippen LogP contribution in [0, 0.1) is 5.92 Å². The number of hydrogen-bond donors (Lipinski definition) is 0. The van der Waals surface area contributed by atoms with Crippen molar-refractivity contribution in [1.82, 2.24) is 0 Å². The van der Waals surface area contributed by atoms with Crippen LogP contribution in [0.4, 0.5) is 0 Å². The van der Waals surface area contributed by atoms with Gasteiger partial charge in [-0.25, -0.2) is 0 Å². The Kier molecular flexibility index (Phi) is 4.99. The lowest BCUT2D eigenvalue weighted by Crippen LogP contribution is -2.19. The molecule has 1 atom stereocenters. The maximum atomic E-state index is 12.0. The minimum atomic E-state index is -0.283.